The second kappa shape index (κ2) is 3.29. The molecule has 3 heteroatoms. The van der Waals surface area contributed by atoms with Crippen LogP contribution in [0, 0.1) is 0 Å². The van der Waals surface area contributed by atoms with Crippen molar-refractivity contribution >= 4 is 21.9 Å². The van der Waals surface area contributed by atoms with Crippen molar-refractivity contribution in [2.24, 2.45) is 0 Å². The number of fused-ring (bicyclic) bond motifs is 3. The lowest BCUT2D eigenvalue weighted by atomic mass is 10.1. The van der Waals surface area contributed by atoms with E-state index < -0.39 is 0 Å². The van der Waals surface area contributed by atoms with Crippen LogP contribution in [0.5, 0.6) is 0 Å². The van der Waals surface area contributed by atoms with Gasteiger partial charge in [0.05, 0.1) is 23.6 Å². The molecule has 2 aromatic heterocycles. The average molecular weight is 225 g/mol. The van der Waals surface area contributed by atoms with E-state index in [1.807, 2.05) is 30.7 Å². The first-order valence-corrected chi connectivity index (χ1v) is 5.79. The summed E-state index contributed by atoms with van der Waals surface area (Å²) in [5.74, 6) is 0. The summed E-state index contributed by atoms with van der Waals surface area (Å²) in [6.07, 6.45) is 3.75. The third-order valence-corrected chi connectivity index (χ3v) is 3.00. The Balaban J connectivity index is 2.51. The van der Waals surface area contributed by atoms with E-state index in [0.717, 1.165) is 16.4 Å². The zero-order valence-electron chi connectivity index (χ0n) is 10.3. The van der Waals surface area contributed by atoms with E-state index in [9.17, 15) is 0 Å². The summed E-state index contributed by atoms with van der Waals surface area (Å²) in [7, 11) is 0. The van der Waals surface area contributed by atoms with Crippen LogP contribution in [0.15, 0.2) is 36.8 Å². The Hall–Kier alpha value is -1.90. The number of hydrogen-bond acceptors (Lipinski definition) is 2. The molecular weight excluding hydrogens is 210 g/mol. The minimum atomic E-state index is 0.0267. The third kappa shape index (κ3) is 1.50. The van der Waals surface area contributed by atoms with Gasteiger partial charge in [0.2, 0.25) is 0 Å². The molecule has 0 atom stereocenters. The maximum Gasteiger partial charge on any atom is 0.107 e. The van der Waals surface area contributed by atoms with Crippen molar-refractivity contribution in [3.63, 3.8) is 0 Å². The standard InChI is InChI=1S/C14H15N3/c1-14(2,3)17-9-16-12-8-15-11-7-5-4-6-10(11)13(12)17/h4-9H,1-3H3. The number of aromatic nitrogens is 3. The monoisotopic (exact) mass is 225 g/mol. The Kier molecular flexibility index (Phi) is 1.99. The highest BCUT2D eigenvalue weighted by atomic mass is 15.1. The van der Waals surface area contributed by atoms with E-state index in [0.29, 0.717) is 0 Å². The maximum atomic E-state index is 4.44. The minimum absolute atomic E-state index is 0.0267. The predicted octanol–water partition coefficient (Wildman–Crippen LogP) is 3.34. The molecule has 86 valence electrons. The second-order valence-electron chi connectivity index (χ2n) is 5.29. The van der Waals surface area contributed by atoms with E-state index in [1.54, 1.807) is 0 Å². The summed E-state index contributed by atoms with van der Waals surface area (Å²) in [6.45, 7) is 6.55. The number of imidazole rings is 1. The fourth-order valence-electron chi connectivity index (χ4n) is 2.15. The van der Waals surface area contributed by atoms with Crippen LogP contribution in [0.3, 0.4) is 0 Å². The number of benzene rings is 1. The molecule has 2 heterocycles. The third-order valence-electron chi connectivity index (χ3n) is 3.00. The topological polar surface area (TPSA) is 30.7 Å². The average Bonchev–Trinajstić information content (AvgIpc) is 2.72. The summed E-state index contributed by atoms with van der Waals surface area (Å²) >= 11 is 0. The minimum Gasteiger partial charge on any atom is -0.325 e. The number of nitrogens with zero attached hydrogens (tertiary/aromatic N) is 3. The molecule has 0 aliphatic rings. The van der Waals surface area contributed by atoms with Crippen molar-refractivity contribution in [1.29, 1.82) is 0 Å². The Morgan fingerprint density at radius 1 is 1.00 bits per heavy atom. The van der Waals surface area contributed by atoms with Gasteiger partial charge in [-0.2, -0.15) is 0 Å². The molecule has 0 unspecified atom stereocenters. The van der Waals surface area contributed by atoms with Crippen molar-refractivity contribution in [2.75, 3.05) is 0 Å². The number of pyridine rings is 1. The lowest BCUT2D eigenvalue weighted by Crippen LogP contribution is -2.20. The molecule has 1 aromatic carbocycles. The van der Waals surface area contributed by atoms with E-state index in [4.69, 9.17) is 0 Å². The molecule has 0 bridgehead atoms. The van der Waals surface area contributed by atoms with Crippen LogP contribution in [-0.2, 0) is 5.54 Å². The van der Waals surface area contributed by atoms with Gasteiger partial charge in [-0.15, -0.1) is 0 Å². The van der Waals surface area contributed by atoms with Crippen LogP contribution in [0.2, 0.25) is 0 Å². The smallest absolute Gasteiger partial charge is 0.107 e. The zero-order valence-corrected chi connectivity index (χ0v) is 10.3. The largest absolute Gasteiger partial charge is 0.325 e. The number of hydrogen-bond donors (Lipinski definition) is 0. The van der Waals surface area contributed by atoms with Crippen LogP contribution in [0.1, 0.15) is 20.8 Å². The summed E-state index contributed by atoms with van der Waals surface area (Å²) in [4.78, 5) is 8.86. The zero-order chi connectivity index (χ0) is 12.0. The Labute approximate surface area is 100 Å². The molecule has 0 saturated carbocycles. The summed E-state index contributed by atoms with van der Waals surface area (Å²) in [5, 5.41) is 1.16. The highest BCUT2D eigenvalue weighted by molar-refractivity contribution is 6.02. The molecule has 0 amide bonds. The van der Waals surface area contributed by atoms with E-state index in [-0.39, 0.29) is 5.54 Å². The molecule has 0 N–H and O–H groups in total. The predicted molar refractivity (Wildman–Crippen MR) is 70.0 cm³/mol. The highest BCUT2D eigenvalue weighted by Gasteiger charge is 2.17. The summed E-state index contributed by atoms with van der Waals surface area (Å²) in [5.41, 5.74) is 3.17. The van der Waals surface area contributed by atoms with Gasteiger partial charge in [0.1, 0.15) is 5.52 Å². The second-order valence-corrected chi connectivity index (χ2v) is 5.29. The van der Waals surface area contributed by atoms with Gasteiger partial charge in [-0.25, -0.2) is 4.98 Å². The van der Waals surface area contributed by atoms with Crippen molar-refractivity contribution in [3.05, 3.63) is 36.8 Å². The highest BCUT2D eigenvalue weighted by Crippen LogP contribution is 2.27. The van der Waals surface area contributed by atoms with Crippen LogP contribution in [0.25, 0.3) is 21.9 Å². The van der Waals surface area contributed by atoms with Gasteiger partial charge in [0.25, 0.3) is 0 Å². The molecule has 0 spiro atoms. The molecule has 0 saturated heterocycles. The maximum absolute atomic E-state index is 4.44. The molecule has 17 heavy (non-hydrogen) atoms. The fraction of sp³-hybridized carbons (Fsp3) is 0.286. The van der Waals surface area contributed by atoms with Crippen molar-refractivity contribution in [1.82, 2.24) is 14.5 Å². The summed E-state index contributed by atoms with van der Waals surface area (Å²) in [6, 6.07) is 8.20. The normalized spacial score (nSPS) is 12.4. The Morgan fingerprint density at radius 3 is 2.53 bits per heavy atom. The quantitative estimate of drug-likeness (QED) is 0.587. The van der Waals surface area contributed by atoms with Gasteiger partial charge in [0, 0.05) is 10.9 Å². The van der Waals surface area contributed by atoms with Crippen molar-refractivity contribution < 1.29 is 0 Å². The molecular formula is C14H15N3. The SMILES string of the molecule is CC(C)(C)n1cnc2cnc3ccccc3c21. The first kappa shape index (κ1) is 10.3. The van der Waals surface area contributed by atoms with E-state index in [2.05, 4.69) is 41.4 Å². The molecule has 0 aliphatic heterocycles. The van der Waals surface area contributed by atoms with Crippen LogP contribution in [0.4, 0.5) is 0 Å². The van der Waals surface area contributed by atoms with Crippen molar-refractivity contribution in [2.45, 2.75) is 26.3 Å². The number of para-hydroxylation sites is 1. The first-order valence-electron chi connectivity index (χ1n) is 5.79. The lowest BCUT2D eigenvalue weighted by molar-refractivity contribution is 0.409. The molecule has 3 rings (SSSR count). The number of rotatable bonds is 0. The molecule has 3 nitrogen and oxygen atoms in total. The van der Waals surface area contributed by atoms with Crippen LogP contribution >= 0.6 is 0 Å². The fourth-order valence-corrected chi connectivity index (χ4v) is 2.15. The van der Waals surface area contributed by atoms with Gasteiger partial charge in [-0.1, -0.05) is 18.2 Å². The Morgan fingerprint density at radius 2 is 1.76 bits per heavy atom. The molecule has 3 aromatic rings. The van der Waals surface area contributed by atoms with Gasteiger partial charge >= 0.3 is 0 Å². The van der Waals surface area contributed by atoms with Gasteiger partial charge in [-0.3, -0.25) is 4.98 Å². The summed E-state index contributed by atoms with van der Waals surface area (Å²) < 4.78 is 2.21. The first-order chi connectivity index (χ1) is 8.07. The van der Waals surface area contributed by atoms with Crippen molar-refractivity contribution in [3.8, 4) is 0 Å². The molecule has 0 aliphatic carbocycles. The van der Waals surface area contributed by atoms with Gasteiger partial charge < -0.3 is 4.57 Å². The van der Waals surface area contributed by atoms with E-state index in [1.165, 1.54) is 5.52 Å². The lowest BCUT2D eigenvalue weighted by Gasteiger charge is -2.22. The van der Waals surface area contributed by atoms with Crippen LogP contribution < -0.4 is 0 Å². The Bertz CT molecular complexity index is 689. The molecule has 0 radical (unpaired) electrons. The van der Waals surface area contributed by atoms with E-state index >= 15 is 0 Å². The van der Waals surface area contributed by atoms with Gasteiger partial charge in [-0.05, 0) is 26.8 Å². The molecule has 0 fully saturated rings. The van der Waals surface area contributed by atoms with Crippen LogP contribution in [-0.4, -0.2) is 14.5 Å². The van der Waals surface area contributed by atoms with Gasteiger partial charge in [0.15, 0.2) is 0 Å².